The van der Waals surface area contributed by atoms with Gasteiger partial charge in [-0.05, 0) is 30.5 Å². The Morgan fingerprint density at radius 3 is 2.71 bits per heavy atom. The van der Waals surface area contributed by atoms with Crippen molar-refractivity contribution in [3.8, 4) is 5.75 Å². The summed E-state index contributed by atoms with van der Waals surface area (Å²) in [5.41, 5.74) is 3.68. The maximum Gasteiger partial charge on any atom is 0.152 e. The van der Waals surface area contributed by atoms with Crippen LogP contribution in [0.25, 0.3) is 6.08 Å². The van der Waals surface area contributed by atoms with E-state index in [0.29, 0.717) is 19.8 Å². The number of benzene rings is 2. The van der Waals surface area contributed by atoms with Crippen molar-refractivity contribution in [2.24, 2.45) is 4.99 Å². The lowest BCUT2D eigenvalue weighted by molar-refractivity contribution is 0.0602. The van der Waals surface area contributed by atoms with Crippen LogP contribution in [-0.2, 0) is 22.9 Å². The molecule has 2 aromatic rings. The summed E-state index contributed by atoms with van der Waals surface area (Å²) in [5.74, 6) is 1.42. The highest BCUT2D eigenvalue weighted by molar-refractivity contribution is 7.91. The average molecular weight is 440 g/mol. The predicted octanol–water partition coefficient (Wildman–Crippen LogP) is 1.63. The van der Waals surface area contributed by atoms with Gasteiger partial charge in [-0.25, -0.2) is 8.42 Å². The molecule has 0 radical (unpaired) electrons. The first-order valence-electron chi connectivity index (χ1n) is 11.0. The fourth-order valence-corrected chi connectivity index (χ4v) is 5.99. The van der Waals surface area contributed by atoms with E-state index in [0.717, 1.165) is 37.2 Å². The number of nitrogens with zero attached hydrogens (tertiary/aromatic N) is 3. The van der Waals surface area contributed by atoms with Crippen molar-refractivity contribution >= 4 is 15.9 Å². The molecule has 7 heteroatoms. The molecular formula is C24H29N3O3S. The first-order chi connectivity index (χ1) is 15.0. The topological polar surface area (TPSA) is 62.2 Å². The van der Waals surface area contributed by atoms with Crippen LogP contribution in [0.15, 0.2) is 41.4 Å². The fourth-order valence-electron chi connectivity index (χ4n) is 4.71. The van der Waals surface area contributed by atoms with E-state index >= 15 is 0 Å². The van der Waals surface area contributed by atoms with E-state index in [1.165, 1.54) is 21.9 Å². The van der Waals surface area contributed by atoms with E-state index in [1.54, 1.807) is 0 Å². The first-order valence-corrected chi connectivity index (χ1v) is 12.9. The van der Waals surface area contributed by atoms with E-state index in [9.17, 15) is 8.42 Å². The van der Waals surface area contributed by atoms with Crippen molar-refractivity contribution < 1.29 is 13.2 Å². The Kier molecular flexibility index (Phi) is 5.58. The fraction of sp³-hybridized carbons (Fsp3) is 0.458. The molecule has 2 aromatic carbocycles. The highest BCUT2D eigenvalue weighted by Gasteiger charge is 2.27. The zero-order valence-corrected chi connectivity index (χ0v) is 18.8. The molecule has 0 bridgehead atoms. The van der Waals surface area contributed by atoms with Gasteiger partial charge in [0.05, 0.1) is 11.5 Å². The van der Waals surface area contributed by atoms with Gasteiger partial charge in [0.1, 0.15) is 12.1 Å². The van der Waals surface area contributed by atoms with Crippen LogP contribution < -0.4 is 15.3 Å². The molecule has 0 aromatic heterocycles. The van der Waals surface area contributed by atoms with Crippen molar-refractivity contribution in [1.29, 1.82) is 0 Å². The molecule has 1 fully saturated rings. The van der Waals surface area contributed by atoms with E-state index < -0.39 is 9.84 Å². The molecule has 1 unspecified atom stereocenters. The SMILES string of the molecule is CC(c1ccccc1)N1COc2c(cc(CN3CCS(=O)(=O)CC3)c3c2=NCCC=3)C1. The number of rotatable bonds is 4. The Bertz CT molecular complexity index is 1180. The molecule has 5 rings (SSSR count). The lowest BCUT2D eigenvalue weighted by Gasteiger charge is -2.35. The van der Waals surface area contributed by atoms with Gasteiger partial charge in [0.15, 0.2) is 15.6 Å². The molecule has 3 aliphatic heterocycles. The van der Waals surface area contributed by atoms with Crippen LogP contribution in [0.4, 0.5) is 0 Å². The maximum atomic E-state index is 11.8. The third kappa shape index (κ3) is 4.27. The standard InChI is InChI=1S/C24H29N3O3S/c1-18(19-6-3-2-4-7-19)27-16-21-14-20(15-26-10-12-31(28,29)13-11-26)22-8-5-9-25-23(22)24(21)30-17-27/h2-4,6-8,14,18H,5,9-13,15-17H2,1H3. The normalized spacial score (nSPS) is 21.7. The Labute approximate surface area is 183 Å². The van der Waals surface area contributed by atoms with E-state index in [-0.39, 0.29) is 17.5 Å². The van der Waals surface area contributed by atoms with Gasteiger partial charge in [0.25, 0.3) is 0 Å². The van der Waals surface area contributed by atoms with Gasteiger partial charge in [-0.3, -0.25) is 14.8 Å². The number of hydrogen-bond donors (Lipinski definition) is 0. The second kappa shape index (κ2) is 8.37. The molecule has 3 aliphatic rings. The summed E-state index contributed by atoms with van der Waals surface area (Å²) in [6.45, 7) is 6.32. The Hall–Kier alpha value is -2.22. The van der Waals surface area contributed by atoms with Crippen molar-refractivity contribution in [2.75, 3.05) is 37.9 Å². The van der Waals surface area contributed by atoms with Crippen LogP contribution in [0.2, 0.25) is 0 Å². The van der Waals surface area contributed by atoms with Crippen molar-refractivity contribution in [1.82, 2.24) is 9.80 Å². The van der Waals surface area contributed by atoms with Crippen LogP contribution in [0.1, 0.15) is 36.1 Å². The zero-order chi connectivity index (χ0) is 21.4. The number of hydrogen-bond acceptors (Lipinski definition) is 6. The minimum absolute atomic E-state index is 0.250. The number of fused-ring (bicyclic) bond motifs is 3. The van der Waals surface area contributed by atoms with Gasteiger partial charge in [-0.1, -0.05) is 36.4 Å². The van der Waals surface area contributed by atoms with Crippen LogP contribution in [0.5, 0.6) is 5.75 Å². The van der Waals surface area contributed by atoms with E-state index in [1.807, 2.05) is 6.07 Å². The minimum Gasteiger partial charge on any atom is -0.475 e. The number of sulfone groups is 1. The van der Waals surface area contributed by atoms with Crippen LogP contribution in [0.3, 0.4) is 0 Å². The predicted molar refractivity (Wildman–Crippen MR) is 121 cm³/mol. The zero-order valence-electron chi connectivity index (χ0n) is 18.0. The highest BCUT2D eigenvalue weighted by atomic mass is 32.2. The van der Waals surface area contributed by atoms with Gasteiger partial charge in [-0.15, -0.1) is 0 Å². The lowest BCUT2D eigenvalue weighted by atomic mass is 10.00. The second-order valence-electron chi connectivity index (χ2n) is 8.70. The molecule has 1 atom stereocenters. The van der Waals surface area contributed by atoms with E-state index in [2.05, 4.69) is 53.1 Å². The smallest absolute Gasteiger partial charge is 0.152 e. The van der Waals surface area contributed by atoms with Gasteiger partial charge in [0.2, 0.25) is 0 Å². The molecule has 0 spiro atoms. The molecule has 0 aliphatic carbocycles. The number of ether oxygens (including phenoxy) is 1. The van der Waals surface area contributed by atoms with Crippen molar-refractivity contribution in [3.63, 3.8) is 0 Å². The molecule has 6 nitrogen and oxygen atoms in total. The Balaban J connectivity index is 1.45. The summed E-state index contributed by atoms with van der Waals surface area (Å²) >= 11 is 0. The molecule has 1 saturated heterocycles. The molecule has 3 heterocycles. The summed E-state index contributed by atoms with van der Waals surface area (Å²) in [6, 6.07) is 13.0. The summed E-state index contributed by atoms with van der Waals surface area (Å²) in [6.07, 6.45) is 3.20. The summed E-state index contributed by atoms with van der Waals surface area (Å²) < 4.78 is 29.9. The molecule has 0 saturated carbocycles. The molecule has 0 N–H and O–H groups in total. The van der Waals surface area contributed by atoms with Crippen LogP contribution in [-0.4, -0.2) is 56.1 Å². The Morgan fingerprint density at radius 1 is 1.16 bits per heavy atom. The quantitative estimate of drug-likeness (QED) is 0.725. The van der Waals surface area contributed by atoms with Gasteiger partial charge in [0, 0.05) is 49.5 Å². The van der Waals surface area contributed by atoms with Gasteiger partial charge < -0.3 is 4.74 Å². The average Bonchev–Trinajstić information content (AvgIpc) is 2.80. The summed E-state index contributed by atoms with van der Waals surface area (Å²) in [7, 11) is -2.88. The first kappa shape index (κ1) is 20.7. The van der Waals surface area contributed by atoms with Gasteiger partial charge in [-0.2, -0.15) is 0 Å². The third-order valence-corrected chi connectivity index (χ3v) is 8.22. The molecule has 31 heavy (non-hydrogen) atoms. The maximum absolute atomic E-state index is 11.8. The lowest BCUT2D eigenvalue weighted by Crippen LogP contribution is -2.44. The summed E-state index contributed by atoms with van der Waals surface area (Å²) in [4.78, 5) is 9.41. The van der Waals surface area contributed by atoms with Gasteiger partial charge >= 0.3 is 0 Å². The molecular weight excluding hydrogens is 410 g/mol. The summed E-state index contributed by atoms with van der Waals surface area (Å²) in [5, 5.41) is 2.15. The largest absolute Gasteiger partial charge is 0.475 e. The molecule has 164 valence electrons. The molecule has 0 amide bonds. The van der Waals surface area contributed by atoms with Crippen molar-refractivity contribution in [3.05, 3.63) is 63.7 Å². The minimum atomic E-state index is -2.88. The van der Waals surface area contributed by atoms with Crippen LogP contribution in [0, 0.1) is 0 Å². The van der Waals surface area contributed by atoms with Crippen molar-refractivity contribution in [2.45, 2.75) is 32.5 Å². The Morgan fingerprint density at radius 2 is 1.94 bits per heavy atom. The monoisotopic (exact) mass is 439 g/mol. The van der Waals surface area contributed by atoms with E-state index in [4.69, 9.17) is 9.73 Å². The third-order valence-electron chi connectivity index (χ3n) is 6.61. The second-order valence-corrected chi connectivity index (χ2v) is 11.0. The highest BCUT2D eigenvalue weighted by Crippen LogP contribution is 2.29. The van der Waals surface area contributed by atoms with Crippen LogP contribution >= 0.6 is 0 Å².